The zero-order valence-electron chi connectivity index (χ0n) is 27.6. The number of hydrogen-bond donors (Lipinski definition) is 0. The van der Waals surface area contributed by atoms with Gasteiger partial charge in [0.05, 0.1) is 26.4 Å². The monoisotopic (exact) mass is 616 g/mol. The minimum Gasteiger partial charge on any atom is -0.464 e. The summed E-state index contributed by atoms with van der Waals surface area (Å²) in [5, 5.41) is 0. The first-order valence-corrected chi connectivity index (χ1v) is 16.1. The Morgan fingerprint density at radius 3 is 1.30 bits per heavy atom. The third kappa shape index (κ3) is 14.1. The van der Waals surface area contributed by atoms with Gasteiger partial charge in [-0.05, 0) is 62.8 Å². The van der Waals surface area contributed by atoms with Crippen molar-refractivity contribution in [2.75, 3.05) is 13.2 Å². The molecule has 0 amide bonds. The summed E-state index contributed by atoms with van der Waals surface area (Å²) < 4.78 is 22.6. The molecule has 0 aliphatic carbocycles. The van der Waals surface area contributed by atoms with Crippen LogP contribution in [-0.4, -0.2) is 49.5 Å². The number of hydrogen-bond acceptors (Lipinski definition) is 10. The Balaban J connectivity index is 2.96. The van der Waals surface area contributed by atoms with Crippen LogP contribution in [0.1, 0.15) is 127 Å². The summed E-state index contributed by atoms with van der Waals surface area (Å²) in [5.74, 6) is -0.943. The third-order valence-corrected chi connectivity index (χ3v) is 7.62. The van der Waals surface area contributed by atoms with Gasteiger partial charge in [0.25, 0.3) is 0 Å². The van der Waals surface area contributed by atoms with Crippen LogP contribution in [0.15, 0.2) is 9.98 Å². The molecule has 0 saturated carbocycles. The maximum Gasteiger partial charge on any atom is 0.334 e. The highest BCUT2D eigenvalue weighted by Crippen LogP contribution is 2.40. The molecule has 1 aromatic rings. The number of carbonyl (C=O) groups is 2. The summed E-state index contributed by atoms with van der Waals surface area (Å²) in [5.41, 5.74) is 2.46. The van der Waals surface area contributed by atoms with Crippen molar-refractivity contribution in [3.63, 3.8) is 0 Å². The molecule has 0 aliphatic rings. The van der Waals surface area contributed by atoms with Gasteiger partial charge < -0.3 is 18.9 Å². The standard InChI is InChI=1S/C34H52N2O8/c1-7-9-11-13-15-17-19-41-33(39)27(5)43-21-29-25(3)31(35-23-37)32(36-24-38)26(4)30(29)22-44-28(6)34(40)42-20-18-16-14-12-10-8-2/h27-28H,7-22H2,1-6H3/t27-,28-/m0/s1. The molecule has 0 saturated heterocycles. The lowest BCUT2D eigenvalue weighted by Crippen LogP contribution is -2.25. The van der Waals surface area contributed by atoms with Crippen molar-refractivity contribution in [1.82, 2.24) is 0 Å². The second-order valence-electron chi connectivity index (χ2n) is 11.1. The summed E-state index contributed by atoms with van der Waals surface area (Å²) in [6.07, 6.45) is 14.3. The molecule has 0 bridgehead atoms. The van der Waals surface area contributed by atoms with Crippen LogP contribution < -0.4 is 0 Å². The number of rotatable bonds is 24. The van der Waals surface area contributed by atoms with Gasteiger partial charge in [0.1, 0.15) is 11.4 Å². The van der Waals surface area contributed by atoms with Gasteiger partial charge in [-0.1, -0.05) is 78.1 Å². The Morgan fingerprint density at radius 2 is 0.955 bits per heavy atom. The smallest absolute Gasteiger partial charge is 0.334 e. The quantitative estimate of drug-likeness (QED) is 0.0497. The van der Waals surface area contributed by atoms with E-state index in [2.05, 4.69) is 23.8 Å². The zero-order chi connectivity index (χ0) is 32.7. The van der Waals surface area contributed by atoms with Gasteiger partial charge >= 0.3 is 11.9 Å². The van der Waals surface area contributed by atoms with Gasteiger partial charge in [-0.15, -0.1) is 0 Å². The van der Waals surface area contributed by atoms with E-state index in [0.717, 1.165) is 38.5 Å². The van der Waals surface area contributed by atoms with Gasteiger partial charge in [0, 0.05) is 0 Å². The number of carbonyl (C=O) groups excluding carboxylic acids is 4. The summed E-state index contributed by atoms with van der Waals surface area (Å²) in [6, 6.07) is 0. The fourth-order valence-corrected chi connectivity index (χ4v) is 4.75. The Labute approximate surface area is 263 Å². The van der Waals surface area contributed by atoms with E-state index in [1.54, 1.807) is 27.7 Å². The van der Waals surface area contributed by atoms with Crippen LogP contribution in [0.5, 0.6) is 0 Å². The highest BCUT2D eigenvalue weighted by molar-refractivity contribution is 5.78. The Hall–Kier alpha value is -3.16. The average Bonchev–Trinajstić information content (AvgIpc) is 3.01. The van der Waals surface area contributed by atoms with Gasteiger partial charge in [-0.25, -0.2) is 19.2 Å². The number of unbranched alkanes of at least 4 members (excludes halogenated alkanes) is 10. The van der Waals surface area contributed by atoms with E-state index in [9.17, 15) is 19.2 Å². The first kappa shape index (κ1) is 38.9. The molecule has 0 aliphatic heterocycles. The van der Waals surface area contributed by atoms with Crippen molar-refractivity contribution in [2.24, 2.45) is 9.98 Å². The minimum atomic E-state index is -0.856. The van der Waals surface area contributed by atoms with Gasteiger partial charge in [0.2, 0.25) is 12.2 Å². The van der Waals surface area contributed by atoms with Gasteiger partial charge in [-0.3, -0.25) is 0 Å². The van der Waals surface area contributed by atoms with Crippen LogP contribution in [0.4, 0.5) is 11.4 Å². The highest BCUT2D eigenvalue weighted by Gasteiger charge is 2.24. The predicted octanol–water partition coefficient (Wildman–Crippen LogP) is 7.86. The van der Waals surface area contributed by atoms with Crippen LogP contribution in [0.25, 0.3) is 0 Å². The van der Waals surface area contributed by atoms with Crippen molar-refractivity contribution in [3.05, 3.63) is 22.3 Å². The van der Waals surface area contributed by atoms with Crippen molar-refractivity contribution < 1.29 is 38.1 Å². The van der Waals surface area contributed by atoms with E-state index in [1.807, 2.05) is 0 Å². The van der Waals surface area contributed by atoms with Crippen molar-refractivity contribution in [1.29, 1.82) is 0 Å². The Bertz CT molecular complexity index is 1040. The van der Waals surface area contributed by atoms with Crippen LogP contribution >= 0.6 is 0 Å². The number of nitrogens with zero attached hydrogens (tertiary/aromatic N) is 2. The lowest BCUT2D eigenvalue weighted by Gasteiger charge is -2.22. The molecule has 0 N–H and O–H groups in total. The molecule has 0 spiro atoms. The lowest BCUT2D eigenvalue weighted by molar-refractivity contribution is -0.158. The molecule has 1 aromatic carbocycles. The zero-order valence-corrected chi connectivity index (χ0v) is 27.6. The fourth-order valence-electron chi connectivity index (χ4n) is 4.75. The first-order valence-electron chi connectivity index (χ1n) is 16.1. The summed E-state index contributed by atoms with van der Waals surface area (Å²) in [6.45, 7) is 11.5. The predicted molar refractivity (Wildman–Crippen MR) is 169 cm³/mol. The fraction of sp³-hybridized carbons (Fsp3) is 0.706. The summed E-state index contributed by atoms with van der Waals surface area (Å²) in [4.78, 5) is 55.1. The molecule has 0 radical (unpaired) electrons. The highest BCUT2D eigenvalue weighted by atomic mass is 16.6. The second-order valence-corrected chi connectivity index (χ2v) is 11.1. The number of benzene rings is 1. The van der Waals surface area contributed by atoms with E-state index in [4.69, 9.17) is 18.9 Å². The van der Waals surface area contributed by atoms with Gasteiger partial charge in [-0.2, -0.15) is 9.98 Å². The van der Waals surface area contributed by atoms with Gasteiger partial charge in [0.15, 0.2) is 12.2 Å². The third-order valence-electron chi connectivity index (χ3n) is 7.62. The number of ether oxygens (including phenoxy) is 4. The maximum atomic E-state index is 12.6. The average molecular weight is 617 g/mol. The summed E-state index contributed by atoms with van der Waals surface area (Å²) >= 11 is 0. The van der Waals surface area contributed by atoms with Crippen molar-refractivity contribution >= 4 is 35.5 Å². The van der Waals surface area contributed by atoms with Crippen LogP contribution in [0, 0.1) is 13.8 Å². The molecule has 0 fully saturated rings. The normalized spacial score (nSPS) is 12.1. The Kier molecular flexibility index (Phi) is 20.5. The van der Waals surface area contributed by atoms with Crippen LogP contribution in [-0.2, 0) is 51.3 Å². The molecule has 44 heavy (non-hydrogen) atoms. The maximum absolute atomic E-state index is 12.6. The molecular weight excluding hydrogens is 564 g/mol. The number of esters is 2. The topological polar surface area (TPSA) is 130 Å². The van der Waals surface area contributed by atoms with E-state index >= 15 is 0 Å². The number of isocyanates is 2. The SMILES string of the molecule is CCCCCCCCOC(=O)[C@H](C)OCc1c(C)c(N=C=O)c(N=C=O)c(C)c1CO[C@@H](C)C(=O)OCCCCCCCC. The molecule has 1 rings (SSSR count). The van der Waals surface area contributed by atoms with Crippen LogP contribution in [0.3, 0.4) is 0 Å². The van der Waals surface area contributed by atoms with E-state index < -0.39 is 24.1 Å². The molecule has 0 heterocycles. The van der Waals surface area contributed by atoms with Crippen molar-refractivity contribution in [3.8, 4) is 0 Å². The van der Waals surface area contributed by atoms with Crippen LogP contribution in [0.2, 0.25) is 0 Å². The molecule has 10 heteroatoms. The minimum absolute atomic E-state index is 0.0397. The summed E-state index contributed by atoms with van der Waals surface area (Å²) in [7, 11) is 0. The van der Waals surface area contributed by atoms with E-state index in [0.29, 0.717) is 35.5 Å². The first-order chi connectivity index (χ1) is 21.2. The van der Waals surface area contributed by atoms with E-state index in [-0.39, 0.29) is 24.6 Å². The largest absolute Gasteiger partial charge is 0.464 e. The molecule has 10 nitrogen and oxygen atoms in total. The number of aliphatic imine (C=N–C) groups is 2. The molecular formula is C34H52N2O8. The Morgan fingerprint density at radius 1 is 0.614 bits per heavy atom. The molecule has 0 aromatic heterocycles. The van der Waals surface area contributed by atoms with E-state index in [1.165, 1.54) is 50.7 Å². The molecule has 2 atom stereocenters. The molecule has 0 unspecified atom stereocenters. The second kappa shape index (κ2) is 23.3. The van der Waals surface area contributed by atoms with Crippen molar-refractivity contribution in [2.45, 2.75) is 144 Å². The molecule has 246 valence electrons. The lowest BCUT2D eigenvalue weighted by atomic mass is 9.94.